The summed E-state index contributed by atoms with van der Waals surface area (Å²) in [6.45, 7) is 29.5. The fourth-order valence-electron chi connectivity index (χ4n) is 7.05. The van der Waals surface area contributed by atoms with Crippen molar-refractivity contribution >= 4 is 55.5 Å². The number of fused-ring (bicyclic) bond motifs is 3. The molecule has 0 amide bonds. The summed E-state index contributed by atoms with van der Waals surface area (Å²) in [6.07, 6.45) is 1.66. The lowest BCUT2D eigenvalue weighted by atomic mass is 10.1. The third kappa shape index (κ3) is 15.7. The molecule has 0 saturated carbocycles. The van der Waals surface area contributed by atoms with Crippen LogP contribution in [0.5, 0.6) is 0 Å². The van der Waals surface area contributed by atoms with Gasteiger partial charge in [-0.1, -0.05) is 155 Å². The quantitative estimate of drug-likeness (QED) is 0.175. The van der Waals surface area contributed by atoms with E-state index >= 15 is 0 Å². The number of rotatable bonds is 3. The van der Waals surface area contributed by atoms with Gasteiger partial charge in [0.15, 0.2) is 0 Å². The minimum absolute atomic E-state index is 0.0368. The fourth-order valence-corrected chi connectivity index (χ4v) is 7.58. The van der Waals surface area contributed by atoms with Gasteiger partial charge in [0.25, 0.3) is 16.7 Å². The number of nitrogens with zero attached hydrogens (tertiary/aromatic N) is 5. The van der Waals surface area contributed by atoms with Crippen LogP contribution in [0.15, 0.2) is 160 Å². The van der Waals surface area contributed by atoms with Gasteiger partial charge in [0.2, 0.25) is 0 Å². The summed E-state index contributed by atoms with van der Waals surface area (Å²) in [7, 11) is 0. The summed E-state index contributed by atoms with van der Waals surface area (Å²) in [5, 5.41) is 13.6. The van der Waals surface area contributed by atoms with Crippen molar-refractivity contribution in [1.82, 2.24) is 18.7 Å². The second-order valence-electron chi connectivity index (χ2n) is 13.7. The molecule has 0 aliphatic heterocycles. The Morgan fingerprint density at radius 3 is 1.35 bits per heavy atom. The van der Waals surface area contributed by atoms with Gasteiger partial charge < -0.3 is 0 Å². The Bertz CT molecular complexity index is 3310. The lowest BCUT2D eigenvalue weighted by Gasteiger charge is -2.12. The van der Waals surface area contributed by atoms with Gasteiger partial charge in [-0.2, -0.15) is 5.26 Å². The van der Waals surface area contributed by atoms with E-state index in [1.165, 1.54) is 4.57 Å². The molecule has 0 fully saturated rings. The van der Waals surface area contributed by atoms with E-state index in [1.807, 2.05) is 158 Å². The zero-order valence-electron chi connectivity index (χ0n) is 44.3. The largest absolute Gasteiger partial charge is 0.281 e. The molecule has 12 heteroatoms. The van der Waals surface area contributed by atoms with Crippen molar-refractivity contribution in [3.63, 3.8) is 0 Å². The Balaban J connectivity index is 0.000000488. The minimum atomic E-state index is -0.740. The molecule has 9 aromatic rings. The Kier molecular flexibility index (Phi) is 28.5. The molecule has 9 rings (SSSR count). The van der Waals surface area contributed by atoms with E-state index in [0.717, 1.165) is 46.0 Å². The summed E-state index contributed by atoms with van der Waals surface area (Å²) in [4.78, 5) is 42.1. The third-order valence-electron chi connectivity index (χ3n) is 9.71. The second kappa shape index (κ2) is 32.6. The number of pyridine rings is 4. The van der Waals surface area contributed by atoms with Gasteiger partial charge >= 0.3 is 0 Å². The maximum Gasteiger partial charge on any atom is 0.265 e. The SMILES string of the molecule is CC.CC.CC.CC.CC.CC.Cc1cc2cccc(Cl)c2c(=O)n1-c1cc(F)cc(F)c1.Cc1cc2cccc(Cl)c2c(=O)n1-c1ccccn1.Cc1cc2ccccc2c(=O)n1-c1ccc(C#N)cc1. The van der Waals surface area contributed by atoms with Gasteiger partial charge in [-0.05, 0) is 122 Å². The zero-order chi connectivity index (χ0) is 54.7. The van der Waals surface area contributed by atoms with Gasteiger partial charge in [0, 0.05) is 40.4 Å². The van der Waals surface area contributed by atoms with Crippen LogP contribution in [0.1, 0.15) is 106 Å². The van der Waals surface area contributed by atoms with E-state index in [2.05, 4.69) is 11.1 Å². The van der Waals surface area contributed by atoms with Crippen molar-refractivity contribution in [1.29, 1.82) is 5.26 Å². The normalized spacial score (nSPS) is 9.47. The lowest BCUT2D eigenvalue weighted by Crippen LogP contribution is -2.21. The molecule has 0 aliphatic carbocycles. The Morgan fingerprint density at radius 2 is 0.875 bits per heavy atom. The zero-order valence-corrected chi connectivity index (χ0v) is 45.8. The highest BCUT2D eigenvalue weighted by Crippen LogP contribution is 2.24. The smallest absolute Gasteiger partial charge is 0.265 e. The Labute approximate surface area is 434 Å². The van der Waals surface area contributed by atoms with Gasteiger partial charge in [0.05, 0.1) is 38.1 Å². The van der Waals surface area contributed by atoms with Crippen LogP contribution in [0.25, 0.3) is 49.5 Å². The Morgan fingerprint density at radius 1 is 0.458 bits per heavy atom. The van der Waals surface area contributed by atoms with Crippen LogP contribution in [0.4, 0.5) is 8.78 Å². The van der Waals surface area contributed by atoms with Crippen molar-refractivity contribution in [3.05, 3.63) is 221 Å². The first-order valence-corrected chi connectivity index (χ1v) is 25.2. The third-order valence-corrected chi connectivity index (χ3v) is 10.3. The summed E-state index contributed by atoms with van der Waals surface area (Å²) < 4.78 is 31.3. The van der Waals surface area contributed by atoms with Crippen LogP contribution in [-0.2, 0) is 0 Å². The molecule has 0 radical (unpaired) electrons. The average Bonchev–Trinajstić information content (AvgIpc) is 3.40. The van der Waals surface area contributed by atoms with Gasteiger partial charge in [-0.15, -0.1) is 0 Å². The standard InChI is InChI=1S/C17H12N2O.C16H10ClF2NO.C15H11ClN2O.6C2H6/c1-12-10-14-4-2-3-5-16(14)17(20)19(12)15-8-6-13(11-18)7-9-15;1-9-5-10-3-2-4-14(17)15(10)16(21)20(9)13-7-11(18)6-12(19)8-13;1-10-9-11-5-4-6-12(16)14(11)15(19)18(10)13-7-2-3-8-17-13;6*1-2/h2-10H,1H3;2-8H,1H3;2-9H,1H3;6*1-2H3. The maximum atomic E-state index is 13.4. The molecule has 0 spiro atoms. The molecule has 0 aliphatic rings. The van der Waals surface area contributed by atoms with E-state index in [1.54, 1.807) is 82.9 Å². The molecule has 0 atom stereocenters. The lowest BCUT2D eigenvalue weighted by molar-refractivity contribution is 0.581. The van der Waals surface area contributed by atoms with Crippen LogP contribution in [-0.4, -0.2) is 18.7 Å². The second-order valence-corrected chi connectivity index (χ2v) is 14.6. The first-order valence-electron chi connectivity index (χ1n) is 24.5. The van der Waals surface area contributed by atoms with Crippen molar-refractivity contribution < 1.29 is 8.78 Å². The topological polar surface area (TPSA) is 103 Å². The molecular weight excluding hydrogens is 948 g/mol. The molecule has 0 unspecified atom stereocenters. The summed E-state index contributed by atoms with van der Waals surface area (Å²) >= 11 is 12.2. The summed E-state index contributed by atoms with van der Waals surface area (Å²) in [6, 6.07) is 41.4. The van der Waals surface area contributed by atoms with E-state index in [0.29, 0.717) is 48.7 Å². The van der Waals surface area contributed by atoms with Crippen molar-refractivity contribution in [2.45, 2.75) is 104 Å². The predicted molar refractivity (Wildman–Crippen MR) is 303 cm³/mol. The molecule has 8 nitrogen and oxygen atoms in total. The number of hydrogen-bond acceptors (Lipinski definition) is 5. The number of benzene rings is 5. The molecular formula is C60H69Cl2F2N5O3. The fraction of sp³-hybridized carbons (Fsp3) is 0.250. The van der Waals surface area contributed by atoms with E-state index in [4.69, 9.17) is 28.5 Å². The first-order chi connectivity index (χ1) is 34.9. The van der Waals surface area contributed by atoms with E-state index in [9.17, 15) is 23.2 Å². The first kappa shape index (κ1) is 62.8. The molecule has 380 valence electrons. The molecule has 0 bridgehead atoms. The van der Waals surface area contributed by atoms with E-state index in [-0.39, 0.29) is 16.8 Å². The number of aromatic nitrogens is 4. The number of nitriles is 1. The number of hydrogen-bond donors (Lipinski definition) is 0. The van der Waals surface area contributed by atoms with Crippen molar-refractivity contribution in [3.8, 4) is 23.3 Å². The molecule has 4 aromatic heterocycles. The highest BCUT2D eigenvalue weighted by Gasteiger charge is 2.14. The summed E-state index contributed by atoms with van der Waals surface area (Å²) in [5.74, 6) is -0.877. The highest BCUT2D eigenvalue weighted by atomic mass is 35.5. The maximum absolute atomic E-state index is 13.4. The Hall–Kier alpha value is -7.19. The van der Waals surface area contributed by atoms with Crippen LogP contribution < -0.4 is 16.7 Å². The average molecular weight is 1020 g/mol. The van der Waals surface area contributed by atoms with Crippen LogP contribution in [0.3, 0.4) is 0 Å². The van der Waals surface area contributed by atoms with Gasteiger partial charge in [0.1, 0.15) is 17.5 Å². The van der Waals surface area contributed by atoms with Crippen LogP contribution in [0, 0.1) is 43.7 Å². The molecule has 72 heavy (non-hydrogen) atoms. The van der Waals surface area contributed by atoms with Crippen LogP contribution in [0.2, 0.25) is 10.0 Å². The number of halogens is 4. The van der Waals surface area contributed by atoms with E-state index < -0.39 is 17.2 Å². The monoisotopic (exact) mass is 1020 g/mol. The van der Waals surface area contributed by atoms with Gasteiger partial charge in [-0.3, -0.25) is 28.1 Å². The van der Waals surface area contributed by atoms with Gasteiger partial charge in [-0.25, -0.2) is 13.8 Å². The molecule has 0 saturated heterocycles. The minimum Gasteiger partial charge on any atom is -0.281 e. The summed E-state index contributed by atoms with van der Waals surface area (Å²) in [5.41, 5.74) is 3.19. The molecule has 4 heterocycles. The predicted octanol–water partition coefficient (Wildman–Crippen LogP) is 16.9. The van der Waals surface area contributed by atoms with Crippen molar-refractivity contribution in [2.24, 2.45) is 0 Å². The number of aryl methyl sites for hydroxylation is 3. The highest BCUT2D eigenvalue weighted by molar-refractivity contribution is 6.35. The van der Waals surface area contributed by atoms with Crippen LogP contribution >= 0.6 is 23.2 Å². The molecule has 0 N–H and O–H groups in total. The van der Waals surface area contributed by atoms with Crippen molar-refractivity contribution in [2.75, 3.05) is 0 Å². The molecule has 5 aromatic carbocycles.